The third-order valence-electron chi connectivity index (χ3n) is 4.95. The Hall–Kier alpha value is -2.35. The molecule has 2 aromatic carbocycles. The van der Waals surface area contributed by atoms with E-state index in [2.05, 4.69) is 22.1 Å². The molecule has 146 valence electrons. The van der Waals surface area contributed by atoms with Crippen LogP contribution in [-0.2, 0) is 19.6 Å². The van der Waals surface area contributed by atoms with E-state index in [1.807, 2.05) is 33.5 Å². The molecule has 6 nitrogen and oxygen atoms in total. The third-order valence-corrected chi connectivity index (χ3v) is 5.59. The van der Waals surface area contributed by atoms with Crippen molar-refractivity contribution in [3.63, 3.8) is 0 Å². The summed E-state index contributed by atoms with van der Waals surface area (Å²) in [6.07, 6.45) is 2.68. The number of aromatic nitrogens is 3. The quantitative estimate of drug-likeness (QED) is 0.586. The summed E-state index contributed by atoms with van der Waals surface area (Å²) in [7, 11) is 3.32. The average Bonchev–Trinajstić information content (AvgIpc) is 3.07. The molecule has 0 amide bonds. The smallest absolute Gasteiger partial charge is 0.203 e. The lowest BCUT2D eigenvalue weighted by Crippen LogP contribution is -2.32. The van der Waals surface area contributed by atoms with Gasteiger partial charge in [-0.15, -0.1) is 0 Å². The van der Waals surface area contributed by atoms with Gasteiger partial charge in [-0.2, -0.15) is 5.10 Å². The molecule has 0 bridgehead atoms. The van der Waals surface area contributed by atoms with Crippen molar-refractivity contribution in [3.8, 4) is 17.2 Å². The van der Waals surface area contributed by atoms with Crippen molar-refractivity contribution in [3.05, 3.63) is 63.6 Å². The fourth-order valence-corrected chi connectivity index (χ4v) is 3.93. The van der Waals surface area contributed by atoms with Gasteiger partial charge in [-0.3, -0.25) is 9.47 Å². The van der Waals surface area contributed by atoms with E-state index in [-0.39, 0.29) is 0 Å². The van der Waals surface area contributed by atoms with Gasteiger partial charge in [0.15, 0.2) is 11.5 Å². The molecule has 0 radical (unpaired) electrons. The molecule has 28 heavy (non-hydrogen) atoms. The van der Waals surface area contributed by atoms with Crippen LogP contribution in [-0.4, -0.2) is 40.0 Å². The Morgan fingerprint density at radius 3 is 2.57 bits per heavy atom. The van der Waals surface area contributed by atoms with E-state index in [1.165, 1.54) is 11.1 Å². The summed E-state index contributed by atoms with van der Waals surface area (Å²) < 4.78 is 15.2. The largest absolute Gasteiger partial charge is 0.493 e. The molecule has 1 aliphatic heterocycles. The van der Waals surface area contributed by atoms with E-state index in [1.54, 1.807) is 20.5 Å². The third kappa shape index (κ3) is 3.65. The first-order chi connectivity index (χ1) is 13.6. The van der Waals surface area contributed by atoms with Crippen LogP contribution in [0.25, 0.3) is 5.69 Å². The molecule has 0 unspecified atom stereocenters. The van der Waals surface area contributed by atoms with E-state index < -0.39 is 0 Å². The number of halogens is 1. The van der Waals surface area contributed by atoms with Gasteiger partial charge >= 0.3 is 0 Å². The normalized spacial score (nSPS) is 14.0. The lowest BCUT2D eigenvalue weighted by molar-refractivity contribution is 0.187. The van der Waals surface area contributed by atoms with Gasteiger partial charge in [0.2, 0.25) is 4.77 Å². The van der Waals surface area contributed by atoms with Crippen LogP contribution in [0.5, 0.6) is 11.5 Å². The molecule has 3 aromatic rings. The Bertz CT molecular complexity index is 1060. The van der Waals surface area contributed by atoms with Crippen LogP contribution in [0.4, 0.5) is 0 Å². The van der Waals surface area contributed by atoms with E-state index in [4.69, 9.17) is 33.3 Å². The van der Waals surface area contributed by atoms with Gasteiger partial charge in [0, 0.05) is 18.1 Å². The minimum Gasteiger partial charge on any atom is -0.493 e. The molecule has 8 heteroatoms. The highest BCUT2D eigenvalue weighted by molar-refractivity contribution is 7.71. The van der Waals surface area contributed by atoms with Crippen molar-refractivity contribution in [2.45, 2.75) is 19.6 Å². The van der Waals surface area contributed by atoms with E-state index >= 15 is 0 Å². The van der Waals surface area contributed by atoms with Crippen LogP contribution in [0.15, 0.2) is 42.7 Å². The van der Waals surface area contributed by atoms with Crippen LogP contribution in [0.1, 0.15) is 11.1 Å². The number of methoxy groups -OCH3 is 2. The fourth-order valence-electron chi connectivity index (χ4n) is 3.49. The number of nitrogens with zero attached hydrogens (tertiary/aromatic N) is 4. The summed E-state index contributed by atoms with van der Waals surface area (Å²) in [4.78, 5) is 2.32. The van der Waals surface area contributed by atoms with Gasteiger partial charge in [0.1, 0.15) is 6.33 Å². The first-order valence-electron chi connectivity index (χ1n) is 8.95. The maximum atomic E-state index is 6.10. The first kappa shape index (κ1) is 19.0. The summed E-state index contributed by atoms with van der Waals surface area (Å²) in [6.45, 7) is 2.36. The Kier molecular flexibility index (Phi) is 5.39. The molecule has 0 atom stereocenters. The number of hydrogen-bond donors (Lipinski definition) is 0. The fraction of sp³-hybridized carbons (Fsp3) is 0.300. The van der Waals surface area contributed by atoms with Crippen LogP contribution in [0, 0.1) is 4.77 Å². The summed E-state index contributed by atoms with van der Waals surface area (Å²) in [6, 6.07) is 11.7. The van der Waals surface area contributed by atoms with Gasteiger partial charge in [-0.25, -0.2) is 4.68 Å². The second-order valence-corrected chi connectivity index (χ2v) is 7.48. The standard InChI is InChI=1S/C20H21ClN4O2S/c1-26-18-8-14-6-7-23(11-15(14)9-19(18)27-2)13-25-20(28)24(12-22-25)17-5-3-4-16(21)10-17/h3-5,8-10,12H,6-7,11,13H2,1-2H3. The zero-order chi connectivity index (χ0) is 19.7. The van der Waals surface area contributed by atoms with Gasteiger partial charge in [-0.1, -0.05) is 17.7 Å². The Labute approximate surface area is 173 Å². The highest BCUT2D eigenvalue weighted by atomic mass is 35.5. The molecule has 0 fully saturated rings. The molecule has 0 aliphatic carbocycles. The molecule has 0 spiro atoms. The van der Waals surface area contributed by atoms with Crippen LogP contribution >= 0.6 is 23.8 Å². The summed E-state index contributed by atoms with van der Waals surface area (Å²) in [5, 5.41) is 5.15. The molecule has 1 aliphatic rings. The Morgan fingerprint density at radius 2 is 1.86 bits per heavy atom. The monoisotopic (exact) mass is 416 g/mol. The molecular formula is C20H21ClN4O2S. The lowest BCUT2D eigenvalue weighted by Gasteiger charge is -2.29. The summed E-state index contributed by atoms with van der Waals surface area (Å²) in [5.74, 6) is 1.53. The number of hydrogen-bond acceptors (Lipinski definition) is 5. The van der Waals surface area contributed by atoms with Crippen molar-refractivity contribution >= 4 is 23.8 Å². The molecule has 4 rings (SSSR count). The Balaban J connectivity index is 1.55. The second kappa shape index (κ2) is 7.95. The molecule has 0 saturated heterocycles. The molecule has 1 aromatic heterocycles. The van der Waals surface area contributed by atoms with Crippen molar-refractivity contribution in [1.29, 1.82) is 0 Å². The SMILES string of the molecule is COc1cc2c(cc1OC)CN(Cn1ncn(-c3cccc(Cl)c3)c1=S)CC2. The predicted molar refractivity (Wildman–Crippen MR) is 111 cm³/mol. The van der Waals surface area contributed by atoms with Crippen LogP contribution in [0.2, 0.25) is 5.02 Å². The highest BCUT2D eigenvalue weighted by Gasteiger charge is 2.20. The second-order valence-electron chi connectivity index (χ2n) is 6.68. The van der Waals surface area contributed by atoms with Crippen molar-refractivity contribution in [2.75, 3.05) is 20.8 Å². The average molecular weight is 417 g/mol. The van der Waals surface area contributed by atoms with Crippen molar-refractivity contribution in [1.82, 2.24) is 19.2 Å². The number of benzene rings is 2. The predicted octanol–water partition coefficient (Wildman–Crippen LogP) is 4.09. The van der Waals surface area contributed by atoms with E-state index in [0.717, 1.165) is 36.7 Å². The van der Waals surface area contributed by atoms with Gasteiger partial charge in [-0.05, 0) is 60.1 Å². The lowest BCUT2D eigenvalue weighted by atomic mass is 9.99. The first-order valence-corrected chi connectivity index (χ1v) is 9.74. The number of rotatable bonds is 5. The van der Waals surface area contributed by atoms with Crippen LogP contribution in [0.3, 0.4) is 0 Å². The van der Waals surface area contributed by atoms with Gasteiger partial charge < -0.3 is 9.47 Å². The number of fused-ring (bicyclic) bond motifs is 1. The maximum absolute atomic E-state index is 6.10. The van der Waals surface area contributed by atoms with Gasteiger partial charge in [0.05, 0.1) is 26.6 Å². The Morgan fingerprint density at radius 1 is 1.11 bits per heavy atom. The van der Waals surface area contributed by atoms with E-state index in [0.29, 0.717) is 16.5 Å². The summed E-state index contributed by atoms with van der Waals surface area (Å²) in [5.41, 5.74) is 3.44. The molecule has 2 heterocycles. The molecule has 0 N–H and O–H groups in total. The molecular weight excluding hydrogens is 396 g/mol. The number of ether oxygens (including phenoxy) is 2. The maximum Gasteiger partial charge on any atom is 0.203 e. The van der Waals surface area contributed by atoms with E-state index in [9.17, 15) is 0 Å². The minimum atomic E-state index is 0.625. The van der Waals surface area contributed by atoms with Crippen LogP contribution < -0.4 is 9.47 Å². The zero-order valence-corrected chi connectivity index (χ0v) is 17.3. The highest BCUT2D eigenvalue weighted by Crippen LogP contribution is 2.33. The van der Waals surface area contributed by atoms with Gasteiger partial charge in [0.25, 0.3) is 0 Å². The minimum absolute atomic E-state index is 0.625. The molecule has 0 saturated carbocycles. The van der Waals surface area contributed by atoms with Crippen molar-refractivity contribution < 1.29 is 9.47 Å². The summed E-state index contributed by atoms with van der Waals surface area (Å²) >= 11 is 11.7. The van der Waals surface area contributed by atoms with Crippen molar-refractivity contribution in [2.24, 2.45) is 0 Å². The topological polar surface area (TPSA) is 44.5 Å². The zero-order valence-electron chi connectivity index (χ0n) is 15.8.